The van der Waals surface area contributed by atoms with E-state index in [4.69, 9.17) is 4.42 Å². The Morgan fingerprint density at radius 1 is 0.912 bits per heavy atom. The van der Waals surface area contributed by atoms with Gasteiger partial charge < -0.3 is 14.3 Å². The van der Waals surface area contributed by atoms with Crippen molar-refractivity contribution in [1.29, 1.82) is 0 Å². The molecule has 0 unspecified atom stereocenters. The summed E-state index contributed by atoms with van der Waals surface area (Å²) in [5.41, 5.74) is 5.30. The van der Waals surface area contributed by atoms with Gasteiger partial charge in [-0.25, -0.2) is 4.98 Å². The number of benzene rings is 3. The normalized spacial score (nSPS) is 10.9. The lowest BCUT2D eigenvalue weighted by Gasteiger charge is -2.12. The molecule has 0 saturated carbocycles. The topological polar surface area (TPSA) is 85.8 Å². The van der Waals surface area contributed by atoms with Crippen molar-refractivity contribution in [2.24, 2.45) is 0 Å². The minimum atomic E-state index is -0.158. The maximum absolute atomic E-state index is 12.8. The van der Waals surface area contributed by atoms with Gasteiger partial charge in [-0.2, -0.15) is 0 Å². The molecule has 0 aliphatic heterocycles. The first-order chi connectivity index (χ1) is 16.6. The molecule has 2 aromatic heterocycles. The molecule has 0 aliphatic carbocycles. The van der Waals surface area contributed by atoms with Crippen molar-refractivity contribution in [3.05, 3.63) is 108 Å². The molecule has 5 rings (SSSR count). The Bertz CT molecular complexity index is 1450. The van der Waals surface area contributed by atoms with Gasteiger partial charge in [-0.1, -0.05) is 35.9 Å². The molecule has 3 aromatic carbocycles. The smallest absolute Gasteiger partial charge is 0.251 e. The molecule has 1 N–H and O–H groups in total. The SMILES string of the molecule is Cc1cccc(-c2nnc(-c3ccc(C(=O)NCc4ccccc4-n4ccnc4C)cc3)o2)c1. The van der Waals surface area contributed by atoms with Gasteiger partial charge in [0.25, 0.3) is 5.91 Å². The summed E-state index contributed by atoms with van der Waals surface area (Å²) in [5, 5.41) is 11.3. The van der Waals surface area contributed by atoms with Gasteiger partial charge in [0, 0.05) is 35.6 Å². The van der Waals surface area contributed by atoms with Gasteiger partial charge in [-0.05, 0) is 61.9 Å². The molecule has 1 amide bonds. The van der Waals surface area contributed by atoms with Gasteiger partial charge in [0.1, 0.15) is 5.82 Å². The number of rotatable bonds is 6. The van der Waals surface area contributed by atoms with E-state index in [1.165, 1.54) is 0 Å². The monoisotopic (exact) mass is 449 g/mol. The zero-order chi connectivity index (χ0) is 23.5. The largest absolute Gasteiger partial charge is 0.416 e. The van der Waals surface area contributed by atoms with Crippen LogP contribution < -0.4 is 5.32 Å². The summed E-state index contributed by atoms with van der Waals surface area (Å²) in [4.78, 5) is 17.1. The Morgan fingerprint density at radius 3 is 2.41 bits per heavy atom. The highest BCUT2D eigenvalue weighted by molar-refractivity contribution is 5.94. The number of hydrogen-bond donors (Lipinski definition) is 1. The number of carbonyl (C=O) groups is 1. The van der Waals surface area contributed by atoms with Crippen LogP contribution in [-0.4, -0.2) is 25.7 Å². The lowest BCUT2D eigenvalue weighted by atomic mass is 10.1. The third-order valence-corrected chi connectivity index (χ3v) is 5.60. The zero-order valence-corrected chi connectivity index (χ0v) is 18.9. The second-order valence-corrected chi connectivity index (χ2v) is 8.02. The van der Waals surface area contributed by atoms with Crippen molar-refractivity contribution < 1.29 is 9.21 Å². The molecule has 0 saturated heterocycles. The van der Waals surface area contributed by atoms with E-state index < -0.39 is 0 Å². The molecule has 0 aliphatic rings. The Balaban J connectivity index is 1.28. The van der Waals surface area contributed by atoms with Crippen molar-refractivity contribution in [3.63, 3.8) is 0 Å². The van der Waals surface area contributed by atoms with Gasteiger partial charge in [-0.15, -0.1) is 10.2 Å². The van der Waals surface area contributed by atoms with Gasteiger partial charge in [0.15, 0.2) is 0 Å². The van der Waals surface area contributed by atoms with E-state index >= 15 is 0 Å². The number of carbonyl (C=O) groups excluding carboxylic acids is 1. The lowest BCUT2D eigenvalue weighted by Crippen LogP contribution is -2.23. The number of aryl methyl sites for hydroxylation is 2. The van der Waals surface area contributed by atoms with E-state index in [0.717, 1.165) is 33.8 Å². The summed E-state index contributed by atoms with van der Waals surface area (Å²) >= 11 is 0. The first-order valence-electron chi connectivity index (χ1n) is 11.0. The summed E-state index contributed by atoms with van der Waals surface area (Å²) in [6.07, 6.45) is 3.68. The predicted octanol–water partition coefficient (Wildman–Crippen LogP) is 5.14. The molecule has 7 heteroatoms. The number of aromatic nitrogens is 4. The number of hydrogen-bond acceptors (Lipinski definition) is 5. The molecule has 7 nitrogen and oxygen atoms in total. The van der Waals surface area contributed by atoms with Crippen LogP contribution in [-0.2, 0) is 6.54 Å². The molecule has 34 heavy (non-hydrogen) atoms. The van der Waals surface area contributed by atoms with E-state index in [1.807, 2.05) is 85.3 Å². The van der Waals surface area contributed by atoms with E-state index in [2.05, 4.69) is 20.5 Å². The van der Waals surface area contributed by atoms with Crippen LogP contribution in [0.5, 0.6) is 0 Å². The van der Waals surface area contributed by atoms with Crippen LogP contribution in [0.1, 0.15) is 27.3 Å². The Labute approximate surface area is 197 Å². The van der Waals surface area contributed by atoms with Crippen LogP contribution in [0.4, 0.5) is 0 Å². The summed E-state index contributed by atoms with van der Waals surface area (Å²) in [6, 6.07) is 23.0. The molecule has 0 atom stereocenters. The number of para-hydroxylation sites is 1. The number of amides is 1. The fourth-order valence-corrected chi connectivity index (χ4v) is 3.80. The average molecular weight is 450 g/mol. The maximum Gasteiger partial charge on any atom is 0.251 e. The Kier molecular flexibility index (Phi) is 5.74. The summed E-state index contributed by atoms with van der Waals surface area (Å²) in [6.45, 7) is 4.37. The molecule has 0 fully saturated rings. The van der Waals surface area contributed by atoms with Gasteiger partial charge >= 0.3 is 0 Å². The highest BCUT2D eigenvalue weighted by atomic mass is 16.4. The van der Waals surface area contributed by atoms with E-state index in [1.54, 1.807) is 18.3 Å². The molecular weight excluding hydrogens is 426 g/mol. The first kappa shape index (κ1) is 21.3. The van der Waals surface area contributed by atoms with Crippen LogP contribution in [0.15, 0.2) is 89.6 Å². The molecule has 5 aromatic rings. The highest BCUT2D eigenvalue weighted by Gasteiger charge is 2.13. The van der Waals surface area contributed by atoms with Crippen molar-refractivity contribution in [3.8, 4) is 28.6 Å². The molecular formula is C27H23N5O2. The molecule has 2 heterocycles. The lowest BCUT2D eigenvalue weighted by molar-refractivity contribution is 0.0951. The number of nitrogens with zero attached hydrogens (tertiary/aromatic N) is 4. The maximum atomic E-state index is 12.8. The predicted molar refractivity (Wildman–Crippen MR) is 129 cm³/mol. The van der Waals surface area contributed by atoms with Crippen LogP contribution >= 0.6 is 0 Å². The van der Waals surface area contributed by atoms with Crippen molar-refractivity contribution in [1.82, 2.24) is 25.1 Å². The fourth-order valence-electron chi connectivity index (χ4n) is 3.80. The van der Waals surface area contributed by atoms with Crippen molar-refractivity contribution in [2.45, 2.75) is 20.4 Å². The van der Waals surface area contributed by atoms with E-state index in [9.17, 15) is 4.79 Å². The molecule has 0 spiro atoms. The minimum absolute atomic E-state index is 0.158. The van der Waals surface area contributed by atoms with E-state index in [-0.39, 0.29) is 5.91 Å². The van der Waals surface area contributed by atoms with Crippen LogP contribution in [0.2, 0.25) is 0 Å². The zero-order valence-electron chi connectivity index (χ0n) is 18.9. The Hall–Kier alpha value is -4.52. The van der Waals surface area contributed by atoms with Gasteiger partial charge in [0.2, 0.25) is 11.8 Å². The fraction of sp³-hybridized carbons (Fsp3) is 0.111. The second-order valence-electron chi connectivity index (χ2n) is 8.02. The van der Waals surface area contributed by atoms with Gasteiger partial charge in [-0.3, -0.25) is 4.79 Å². The Morgan fingerprint density at radius 2 is 1.68 bits per heavy atom. The van der Waals surface area contributed by atoms with Gasteiger partial charge in [0.05, 0.1) is 5.69 Å². The summed E-state index contributed by atoms with van der Waals surface area (Å²) < 4.78 is 7.85. The highest BCUT2D eigenvalue weighted by Crippen LogP contribution is 2.25. The molecule has 168 valence electrons. The number of nitrogens with one attached hydrogen (secondary N) is 1. The van der Waals surface area contributed by atoms with E-state index in [0.29, 0.717) is 23.9 Å². The van der Waals surface area contributed by atoms with Crippen LogP contribution in [0.25, 0.3) is 28.6 Å². The first-order valence-corrected chi connectivity index (χ1v) is 11.0. The molecule has 0 bridgehead atoms. The average Bonchev–Trinajstić information content (AvgIpc) is 3.52. The second kappa shape index (κ2) is 9.15. The molecule has 0 radical (unpaired) electrons. The van der Waals surface area contributed by atoms with Crippen molar-refractivity contribution in [2.75, 3.05) is 0 Å². The summed E-state index contributed by atoms with van der Waals surface area (Å²) in [5.74, 6) is 1.61. The standard InChI is InChI=1S/C27H23N5O2/c1-18-6-5-8-22(16-18)27-31-30-26(34-27)21-12-10-20(11-13-21)25(33)29-17-23-7-3-4-9-24(23)32-15-14-28-19(32)2/h3-16H,17H2,1-2H3,(H,29,33). The third-order valence-electron chi connectivity index (χ3n) is 5.60. The minimum Gasteiger partial charge on any atom is -0.416 e. The third kappa shape index (κ3) is 4.36. The quantitative estimate of drug-likeness (QED) is 0.388. The summed E-state index contributed by atoms with van der Waals surface area (Å²) in [7, 11) is 0. The van der Waals surface area contributed by atoms with Crippen LogP contribution in [0, 0.1) is 13.8 Å². The van der Waals surface area contributed by atoms with Crippen molar-refractivity contribution >= 4 is 5.91 Å². The van der Waals surface area contributed by atoms with Crippen LogP contribution in [0.3, 0.4) is 0 Å². The number of imidazole rings is 1.